The van der Waals surface area contributed by atoms with Crippen LogP contribution in [-0.2, 0) is 20.7 Å². The van der Waals surface area contributed by atoms with Crippen LogP contribution in [-0.4, -0.2) is 22.5 Å². The highest BCUT2D eigenvalue weighted by Crippen LogP contribution is 2.33. The maximum Gasteiger partial charge on any atom is 0.186 e. The second-order valence-electron chi connectivity index (χ2n) is 11.8. The Morgan fingerprint density at radius 3 is 1.69 bits per heavy atom. The van der Waals surface area contributed by atoms with Gasteiger partial charge in [-0.1, -0.05) is 96.5 Å². The Kier molecular flexibility index (Phi) is 9.30. The summed E-state index contributed by atoms with van der Waals surface area (Å²) < 4.78 is 27.4. The van der Waals surface area contributed by atoms with E-state index in [1.807, 2.05) is 79.7 Å². The third kappa shape index (κ3) is 7.33. The van der Waals surface area contributed by atoms with Crippen molar-refractivity contribution in [1.82, 2.24) is 0 Å². The molecule has 1 unspecified atom stereocenters. The average molecular weight is 574 g/mol. The number of anilines is 1. The summed E-state index contributed by atoms with van der Waals surface area (Å²) in [5.74, 6) is 13.4. The van der Waals surface area contributed by atoms with Crippen LogP contribution in [0.25, 0.3) is 0 Å². The Balaban J connectivity index is 1.56. The lowest BCUT2D eigenvalue weighted by molar-refractivity contribution is 0.583. The van der Waals surface area contributed by atoms with Gasteiger partial charge in [-0.3, -0.25) is 0 Å². The van der Waals surface area contributed by atoms with Crippen LogP contribution in [0.1, 0.15) is 61.6 Å². The molecule has 4 rings (SSSR count). The van der Waals surface area contributed by atoms with Crippen molar-refractivity contribution in [3.05, 3.63) is 131 Å². The molecular weight excluding hydrogens is 534 g/mol. The number of hydrogen-bond donors (Lipinski definition) is 0. The maximum absolute atomic E-state index is 13.7. The van der Waals surface area contributed by atoms with E-state index in [1.54, 1.807) is 24.3 Å². The molecule has 4 aromatic rings. The van der Waals surface area contributed by atoms with Gasteiger partial charge in [0.15, 0.2) is 9.84 Å². The largest absolute Gasteiger partial charge is 0.378 e. The van der Waals surface area contributed by atoms with Crippen molar-refractivity contribution in [1.29, 1.82) is 0 Å². The van der Waals surface area contributed by atoms with Crippen LogP contribution in [0.15, 0.2) is 114 Å². The van der Waals surface area contributed by atoms with Crippen molar-refractivity contribution in [3.8, 4) is 23.7 Å². The highest BCUT2D eigenvalue weighted by atomic mass is 32.2. The number of rotatable bonds is 7. The Morgan fingerprint density at radius 1 is 0.667 bits per heavy atom. The van der Waals surface area contributed by atoms with Crippen LogP contribution in [0, 0.1) is 23.7 Å². The summed E-state index contributed by atoms with van der Waals surface area (Å²) in [6.07, 6.45) is 0.186. The van der Waals surface area contributed by atoms with E-state index in [0.717, 1.165) is 22.4 Å². The molecule has 0 spiro atoms. The molecule has 0 saturated heterocycles. The number of hydrogen-bond acceptors (Lipinski definition) is 3. The van der Waals surface area contributed by atoms with Crippen molar-refractivity contribution in [2.75, 3.05) is 19.0 Å². The zero-order chi connectivity index (χ0) is 30.4. The normalized spacial score (nSPS) is 12.3. The lowest BCUT2D eigenvalue weighted by atomic mass is 9.80. The van der Waals surface area contributed by atoms with Crippen LogP contribution in [0.4, 0.5) is 5.69 Å². The van der Waals surface area contributed by atoms with E-state index < -0.39 is 15.1 Å². The van der Waals surface area contributed by atoms with Gasteiger partial charge in [0.2, 0.25) is 0 Å². The molecule has 214 valence electrons. The fourth-order valence-electron chi connectivity index (χ4n) is 4.70. The average Bonchev–Trinajstić information content (AvgIpc) is 2.99. The van der Waals surface area contributed by atoms with Gasteiger partial charge in [0.25, 0.3) is 0 Å². The summed E-state index contributed by atoms with van der Waals surface area (Å²) >= 11 is 0. The zero-order valence-electron chi connectivity index (χ0n) is 25.3. The summed E-state index contributed by atoms with van der Waals surface area (Å²) in [6.45, 7) is 8.54. The van der Waals surface area contributed by atoms with Crippen molar-refractivity contribution in [2.24, 2.45) is 0 Å². The standard InChI is InChI=1S/C38H39NO2S/c1-37(2,32-15-9-7-10-16-32)28-29-38(3,4)33-24-20-30(21-25-33)14-13-19-36(31-22-26-34(27-23-31)39(5)6)42(40,41)35-17-11-8-12-18-35/h7-12,15-18,20-27,36H,19H2,1-6H3. The predicted molar refractivity (Wildman–Crippen MR) is 175 cm³/mol. The van der Waals surface area contributed by atoms with Gasteiger partial charge in [0, 0.05) is 31.8 Å². The summed E-state index contributed by atoms with van der Waals surface area (Å²) in [5.41, 5.74) is 4.28. The lowest BCUT2D eigenvalue weighted by Gasteiger charge is -2.22. The molecule has 0 radical (unpaired) electrons. The second kappa shape index (κ2) is 12.7. The minimum absolute atomic E-state index is 0.186. The van der Waals surface area contributed by atoms with E-state index in [4.69, 9.17) is 0 Å². The first kappa shape index (κ1) is 30.7. The van der Waals surface area contributed by atoms with Crippen LogP contribution >= 0.6 is 0 Å². The topological polar surface area (TPSA) is 37.4 Å². The minimum atomic E-state index is -3.64. The summed E-state index contributed by atoms with van der Waals surface area (Å²) in [4.78, 5) is 2.29. The van der Waals surface area contributed by atoms with Crippen LogP contribution < -0.4 is 4.90 Å². The molecule has 3 nitrogen and oxygen atoms in total. The Bertz CT molecular complexity index is 1710. The Hall–Kier alpha value is -4.25. The summed E-state index contributed by atoms with van der Waals surface area (Å²) in [5, 5.41) is -0.773. The fourth-order valence-corrected chi connectivity index (χ4v) is 6.38. The lowest BCUT2D eigenvalue weighted by Crippen LogP contribution is -2.18. The van der Waals surface area contributed by atoms with Gasteiger partial charge in [-0.25, -0.2) is 8.42 Å². The van der Waals surface area contributed by atoms with E-state index in [9.17, 15) is 8.42 Å². The first-order valence-corrected chi connectivity index (χ1v) is 15.7. The minimum Gasteiger partial charge on any atom is -0.378 e. The molecule has 0 aliphatic heterocycles. The molecule has 0 aliphatic carbocycles. The van der Waals surface area contributed by atoms with Crippen LogP contribution in [0.3, 0.4) is 0 Å². The molecule has 0 N–H and O–H groups in total. The molecule has 0 heterocycles. The first-order chi connectivity index (χ1) is 19.9. The van der Waals surface area contributed by atoms with E-state index in [2.05, 4.69) is 75.6 Å². The molecule has 4 heteroatoms. The molecular formula is C38H39NO2S. The molecule has 0 aromatic heterocycles. The zero-order valence-corrected chi connectivity index (χ0v) is 26.2. The third-order valence-electron chi connectivity index (χ3n) is 7.54. The van der Waals surface area contributed by atoms with E-state index in [0.29, 0.717) is 4.90 Å². The first-order valence-electron chi connectivity index (χ1n) is 14.2. The van der Waals surface area contributed by atoms with Crippen LogP contribution in [0.2, 0.25) is 0 Å². The maximum atomic E-state index is 13.7. The summed E-state index contributed by atoms with van der Waals surface area (Å²) in [6, 6.07) is 34.7. The molecule has 0 bridgehead atoms. The van der Waals surface area contributed by atoms with Gasteiger partial charge in [-0.2, -0.15) is 0 Å². The van der Waals surface area contributed by atoms with Gasteiger partial charge >= 0.3 is 0 Å². The van der Waals surface area contributed by atoms with Gasteiger partial charge in [0.05, 0.1) is 15.7 Å². The number of sulfone groups is 1. The highest BCUT2D eigenvalue weighted by Gasteiger charge is 2.28. The third-order valence-corrected chi connectivity index (χ3v) is 9.65. The smallest absolute Gasteiger partial charge is 0.186 e. The molecule has 0 saturated carbocycles. The van der Waals surface area contributed by atoms with Gasteiger partial charge in [-0.15, -0.1) is 0 Å². The second-order valence-corrected chi connectivity index (χ2v) is 13.9. The Labute approximate surface area is 252 Å². The number of nitrogens with zero attached hydrogens (tertiary/aromatic N) is 1. The molecule has 0 amide bonds. The van der Waals surface area contributed by atoms with Crippen molar-refractivity contribution in [3.63, 3.8) is 0 Å². The van der Waals surface area contributed by atoms with Gasteiger partial charge in [0.1, 0.15) is 5.25 Å². The molecule has 0 fully saturated rings. The SMILES string of the molecule is CN(C)c1ccc(C(CC#Cc2ccc(C(C)(C)C#CC(C)(C)c3ccccc3)cc2)S(=O)(=O)c2ccccc2)cc1. The number of benzene rings is 4. The van der Waals surface area contributed by atoms with Crippen molar-refractivity contribution in [2.45, 2.75) is 55.1 Å². The monoisotopic (exact) mass is 573 g/mol. The van der Waals surface area contributed by atoms with E-state index >= 15 is 0 Å². The fraction of sp³-hybridized carbons (Fsp3) is 0.263. The molecule has 4 aromatic carbocycles. The summed E-state index contributed by atoms with van der Waals surface area (Å²) in [7, 11) is 0.285. The van der Waals surface area contributed by atoms with Gasteiger partial charge in [-0.05, 0) is 80.8 Å². The molecule has 1 atom stereocenters. The highest BCUT2D eigenvalue weighted by molar-refractivity contribution is 7.91. The van der Waals surface area contributed by atoms with E-state index in [1.165, 1.54) is 5.56 Å². The van der Waals surface area contributed by atoms with Crippen molar-refractivity contribution >= 4 is 15.5 Å². The quantitative estimate of drug-likeness (QED) is 0.211. The predicted octanol–water partition coefficient (Wildman–Crippen LogP) is 7.97. The van der Waals surface area contributed by atoms with Crippen LogP contribution in [0.5, 0.6) is 0 Å². The van der Waals surface area contributed by atoms with Gasteiger partial charge < -0.3 is 4.90 Å². The van der Waals surface area contributed by atoms with Crippen molar-refractivity contribution < 1.29 is 8.42 Å². The molecule has 0 aliphatic rings. The van der Waals surface area contributed by atoms with E-state index in [-0.39, 0.29) is 17.3 Å². The Morgan fingerprint density at radius 2 is 1.17 bits per heavy atom. The molecule has 42 heavy (non-hydrogen) atoms.